The van der Waals surface area contributed by atoms with Crippen LogP contribution < -0.4 is 10.1 Å². The standard InChI is InChI=1S/C16H20ClN3O/c1-4-8-18-16-19-10-11(3)15(20-16)21-13-6-7-14(17)12(5-2)9-13/h6-7,9-10H,4-5,8H2,1-3H3,(H,18,19,20). The van der Waals surface area contributed by atoms with Crippen LogP contribution in [0.5, 0.6) is 11.6 Å². The van der Waals surface area contributed by atoms with Gasteiger partial charge in [-0.2, -0.15) is 4.98 Å². The highest BCUT2D eigenvalue weighted by Crippen LogP contribution is 2.27. The number of nitrogens with zero attached hydrogens (tertiary/aromatic N) is 2. The SMILES string of the molecule is CCCNc1ncc(C)c(Oc2ccc(Cl)c(CC)c2)n1. The number of hydrogen-bond donors (Lipinski definition) is 1. The van der Waals surface area contributed by atoms with Crippen LogP contribution in [0.2, 0.25) is 5.02 Å². The highest BCUT2D eigenvalue weighted by molar-refractivity contribution is 6.31. The van der Waals surface area contributed by atoms with Gasteiger partial charge in [0.05, 0.1) is 0 Å². The van der Waals surface area contributed by atoms with E-state index in [2.05, 4.69) is 29.1 Å². The minimum atomic E-state index is 0.563. The van der Waals surface area contributed by atoms with Gasteiger partial charge in [0.15, 0.2) is 0 Å². The number of rotatable bonds is 6. The van der Waals surface area contributed by atoms with Crippen molar-refractivity contribution in [1.82, 2.24) is 9.97 Å². The van der Waals surface area contributed by atoms with Crippen LogP contribution in [-0.2, 0) is 6.42 Å². The molecule has 0 spiro atoms. The lowest BCUT2D eigenvalue weighted by atomic mass is 10.1. The van der Waals surface area contributed by atoms with Crippen molar-refractivity contribution in [3.8, 4) is 11.6 Å². The van der Waals surface area contributed by atoms with Crippen LogP contribution in [0.1, 0.15) is 31.4 Å². The van der Waals surface area contributed by atoms with Crippen molar-refractivity contribution in [1.29, 1.82) is 0 Å². The molecule has 0 radical (unpaired) electrons. The topological polar surface area (TPSA) is 47.0 Å². The van der Waals surface area contributed by atoms with Crippen molar-refractivity contribution in [2.75, 3.05) is 11.9 Å². The van der Waals surface area contributed by atoms with Crippen LogP contribution in [0.25, 0.3) is 0 Å². The summed E-state index contributed by atoms with van der Waals surface area (Å²) >= 11 is 6.12. The van der Waals surface area contributed by atoms with Crippen molar-refractivity contribution >= 4 is 17.5 Å². The summed E-state index contributed by atoms with van der Waals surface area (Å²) in [6, 6.07) is 5.65. The van der Waals surface area contributed by atoms with Crippen molar-refractivity contribution < 1.29 is 4.74 Å². The molecule has 2 aromatic rings. The zero-order valence-corrected chi connectivity index (χ0v) is 13.4. The summed E-state index contributed by atoms with van der Waals surface area (Å²) in [4.78, 5) is 8.65. The lowest BCUT2D eigenvalue weighted by Gasteiger charge is -2.11. The van der Waals surface area contributed by atoms with Crippen molar-refractivity contribution in [3.05, 3.63) is 40.5 Å². The molecule has 0 saturated heterocycles. The number of aromatic nitrogens is 2. The van der Waals surface area contributed by atoms with E-state index in [0.717, 1.165) is 41.3 Å². The Hall–Kier alpha value is -1.81. The maximum absolute atomic E-state index is 6.12. The number of hydrogen-bond acceptors (Lipinski definition) is 4. The maximum atomic E-state index is 6.12. The second-order valence-corrected chi connectivity index (χ2v) is 5.22. The summed E-state index contributed by atoms with van der Waals surface area (Å²) in [5.74, 6) is 1.88. The number of anilines is 1. The molecule has 1 aromatic carbocycles. The molecular formula is C16H20ClN3O. The molecule has 0 saturated carbocycles. The monoisotopic (exact) mass is 305 g/mol. The van der Waals surface area contributed by atoms with Gasteiger partial charge < -0.3 is 10.1 Å². The molecule has 0 unspecified atom stereocenters. The van der Waals surface area contributed by atoms with E-state index < -0.39 is 0 Å². The first-order valence-corrected chi connectivity index (χ1v) is 7.55. The van der Waals surface area contributed by atoms with Crippen LogP contribution in [-0.4, -0.2) is 16.5 Å². The Morgan fingerprint density at radius 1 is 1.29 bits per heavy atom. The second kappa shape index (κ2) is 7.27. The minimum absolute atomic E-state index is 0.563. The summed E-state index contributed by atoms with van der Waals surface area (Å²) in [6.45, 7) is 6.92. The fraction of sp³-hybridized carbons (Fsp3) is 0.375. The Balaban J connectivity index is 2.22. The van der Waals surface area contributed by atoms with E-state index in [9.17, 15) is 0 Å². The van der Waals surface area contributed by atoms with E-state index >= 15 is 0 Å². The first-order chi connectivity index (χ1) is 10.1. The predicted molar refractivity (Wildman–Crippen MR) is 86.5 cm³/mol. The van der Waals surface area contributed by atoms with Gasteiger partial charge >= 0.3 is 0 Å². The molecule has 0 bridgehead atoms. The molecule has 5 heteroatoms. The van der Waals surface area contributed by atoms with Gasteiger partial charge in [-0.3, -0.25) is 0 Å². The Kier molecular flexibility index (Phi) is 5.39. The number of aryl methyl sites for hydroxylation is 2. The van der Waals surface area contributed by atoms with Crippen molar-refractivity contribution in [2.45, 2.75) is 33.6 Å². The van der Waals surface area contributed by atoms with E-state index in [-0.39, 0.29) is 0 Å². The Labute approximate surface area is 130 Å². The second-order valence-electron chi connectivity index (χ2n) is 4.82. The first kappa shape index (κ1) is 15.6. The van der Waals surface area contributed by atoms with Crippen molar-refractivity contribution in [3.63, 3.8) is 0 Å². The number of ether oxygens (including phenoxy) is 1. The predicted octanol–water partition coefficient (Wildman–Crippen LogP) is 4.62. The van der Waals surface area contributed by atoms with Crippen LogP contribution >= 0.6 is 11.6 Å². The van der Waals surface area contributed by atoms with Gasteiger partial charge in [-0.1, -0.05) is 25.4 Å². The summed E-state index contributed by atoms with van der Waals surface area (Å²) in [6.07, 6.45) is 3.64. The van der Waals surface area contributed by atoms with Gasteiger partial charge in [-0.15, -0.1) is 0 Å². The molecular weight excluding hydrogens is 286 g/mol. The summed E-state index contributed by atoms with van der Waals surface area (Å²) in [5, 5.41) is 3.91. The Morgan fingerprint density at radius 3 is 2.81 bits per heavy atom. The molecule has 1 N–H and O–H groups in total. The molecule has 1 heterocycles. The quantitative estimate of drug-likeness (QED) is 0.846. The zero-order valence-electron chi connectivity index (χ0n) is 12.6. The third-order valence-corrected chi connectivity index (χ3v) is 3.44. The van der Waals surface area contributed by atoms with E-state index in [1.807, 2.05) is 25.1 Å². The molecule has 0 amide bonds. The van der Waals surface area contributed by atoms with Crippen LogP contribution in [0.15, 0.2) is 24.4 Å². The van der Waals surface area contributed by atoms with E-state index in [1.165, 1.54) is 0 Å². The highest BCUT2D eigenvalue weighted by atomic mass is 35.5. The summed E-state index contributed by atoms with van der Waals surface area (Å²) in [7, 11) is 0. The lowest BCUT2D eigenvalue weighted by Crippen LogP contribution is -2.05. The number of benzene rings is 1. The van der Waals surface area contributed by atoms with Gasteiger partial charge in [0.1, 0.15) is 5.75 Å². The molecule has 0 aliphatic heterocycles. The molecule has 0 aliphatic carbocycles. The van der Waals surface area contributed by atoms with Gasteiger partial charge in [0.25, 0.3) is 0 Å². The fourth-order valence-electron chi connectivity index (χ4n) is 1.85. The Bertz CT molecular complexity index is 616. The normalized spacial score (nSPS) is 10.5. The smallest absolute Gasteiger partial charge is 0.226 e. The lowest BCUT2D eigenvalue weighted by molar-refractivity contribution is 0.457. The average molecular weight is 306 g/mol. The fourth-order valence-corrected chi connectivity index (χ4v) is 2.10. The number of nitrogens with one attached hydrogen (secondary N) is 1. The molecule has 4 nitrogen and oxygen atoms in total. The van der Waals surface area contributed by atoms with E-state index in [1.54, 1.807) is 6.20 Å². The average Bonchev–Trinajstić information content (AvgIpc) is 2.50. The third kappa shape index (κ3) is 4.08. The first-order valence-electron chi connectivity index (χ1n) is 7.17. The van der Waals surface area contributed by atoms with Crippen LogP contribution in [0, 0.1) is 6.92 Å². The van der Waals surface area contributed by atoms with Gasteiger partial charge in [0, 0.05) is 23.3 Å². The largest absolute Gasteiger partial charge is 0.439 e. The van der Waals surface area contributed by atoms with E-state index in [4.69, 9.17) is 16.3 Å². The van der Waals surface area contributed by atoms with Crippen LogP contribution in [0.3, 0.4) is 0 Å². The number of halogens is 1. The molecule has 1 aromatic heterocycles. The van der Waals surface area contributed by atoms with Crippen LogP contribution in [0.4, 0.5) is 5.95 Å². The highest BCUT2D eigenvalue weighted by Gasteiger charge is 2.08. The maximum Gasteiger partial charge on any atom is 0.226 e. The minimum Gasteiger partial charge on any atom is -0.439 e. The van der Waals surface area contributed by atoms with Gasteiger partial charge in [-0.05, 0) is 43.5 Å². The molecule has 112 valence electrons. The molecule has 0 aliphatic rings. The summed E-state index contributed by atoms with van der Waals surface area (Å²) < 4.78 is 5.88. The Morgan fingerprint density at radius 2 is 2.10 bits per heavy atom. The molecule has 2 rings (SSSR count). The van der Waals surface area contributed by atoms with Gasteiger partial charge in [-0.25, -0.2) is 4.98 Å². The van der Waals surface area contributed by atoms with Gasteiger partial charge in [0.2, 0.25) is 11.8 Å². The van der Waals surface area contributed by atoms with Crippen molar-refractivity contribution in [2.24, 2.45) is 0 Å². The third-order valence-electron chi connectivity index (χ3n) is 3.07. The molecule has 21 heavy (non-hydrogen) atoms. The molecule has 0 fully saturated rings. The van der Waals surface area contributed by atoms with E-state index in [0.29, 0.717) is 11.8 Å². The zero-order chi connectivity index (χ0) is 15.2. The summed E-state index contributed by atoms with van der Waals surface area (Å²) in [5.41, 5.74) is 1.95. The molecule has 0 atom stereocenters.